The highest BCUT2D eigenvalue weighted by Crippen LogP contribution is 2.10. The van der Waals surface area contributed by atoms with Gasteiger partial charge in [0, 0.05) is 6.54 Å². The molecule has 2 atom stereocenters. The second-order valence-corrected chi connectivity index (χ2v) is 3.93. The molecule has 0 aromatic heterocycles. The average Bonchev–Trinajstić information content (AvgIpc) is 2.32. The van der Waals surface area contributed by atoms with Crippen LogP contribution in [0.4, 0.5) is 0 Å². The molecular weight excluding hydrogens is 204 g/mol. The maximum Gasteiger partial charge on any atom is 0.251 e. The SMILES string of the molecule is CCCC(C(=O)NN)N(CC)CC(C)C#N. The topological polar surface area (TPSA) is 82.2 Å². The Morgan fingerprint density at radius 1 is 1.56 bits per heavy atom. The summed E-state index contributed by atoms with van der Waals surface area (Å²) < 4.78 is 0. The summed E-state index contributed by atoms with van der Waals surface area (Å²) >= 11 is 0. The Morgan fingerprint density at radius 3 is 2.56 bits per heavy atom. The molecule has 0 saturated heterocycles. The fraction of sp³-hybridized carbons (Fsp3) is 0.818. The number of hydrogen-bond donors (Lipinski definition) is 2. The lowest BCUT2D eigenvalue weighted by Gasteiger charge is -2.29. The minimum atomic E-state index is -0.226. The monoisotopic (exact) mass is 226 g/mol. The van der Waals surface area contributed by atoms with E-state index in [-0.39, 0.29) is 17.9 Å². The van der Waals surface area contributed by atoms with Crippen LogP contribution >= 0.6 is 0 Å². The minimum absolute atomic E-state index is 0.0788. The van der Waals surface area contributed by atoms with E-state index >= 15 is 0 Å². The molecule has 2 unspecified atom stereocenters. The van der Waals surface area contributed by atoms with E-state index < -0.39 is 0 Å². The molecule has 5 nitrogen and oxygen atoms in total. The molecule has 0 saturated carbocycles. The number of hydrogen-bond acceptors (Lipinski definition) is 4. The number of nitrogens with zero attached hydrogens (tertiary/aromatic N) is 2. The Kier molecular flexibility index (Phi) is 7.52. The second kappa shape index (κ2) is 8.08. The molecule has 0 fully saturated rings. The maximum atomic E-state index is 11.6. The first-order chi connectivity index (χ1) is 7.60. The summed E-state index contributed by atoms with van der Waals surface area (Å²) in [7, 11) is 0. The summed E-state index contributed by atoms with van der Waals surface area (Å²) in [5, 5.41) is 8.78. The van der Waals surface area contributed by atoms with Crippen LogP contribution in [0.1, 0.15) is 33.6 Å². The summed E-state index contributed by atoms with van der Waals surface area (Å²) in [5.41, 5.74) is 2.19. The summed E-state index contributed by atoms with van der Waals surface area (Å²) in [6.45, 7) is 7.20. The lowest BCUT2D eigenvalue weighted by Crippen LogP contribution is -2.50. The third-order valence-corrected chi connectivity index (χ3v) is 2.58. The summed E-state index contributed by atoms with van der Waals surface area (Å²) in [6.07, 6.45) is 1.67. The molecule has 0 spiro atoms. The highest BCUT2D eigenvalue weighted by molar-refractivity contribution is 5.81. The molecule has 3 N–H and O–H groups in total. The van der Waals surface area contributed by atoms with Crippen molar-refractivity contribution in [3.8, 4) is 6.07 Å². The van der Waals surface area contributed by atoms with Crippen LogP contribution in [-0.2, 0) is 4.79 Å². The van der Waals surface area contributed by atoms with Gasteiger partial charge in [0.25, 0.3) is 5.91 Å². The van der Waals surface area contributed by atoms with Gasteiger partial charge in [0.1, 0.15) is 0 Å². The fourth-order valence-electron chi connectivity index (χ4n) is 1.72. The van der Waals surface area contributed by atoms with Crippen molar-refractivity contribution in [3.63, 3.8) is 0 Å². The Labute approximate surface area is 97.6 Å². The number of hydrazine groups is 1. The smallest absolute Gasteiger partial charge is 0.251 e. The molecule has 92 valence electrons. The predicted octanol–water partition coefficient (Wildman–Crippen LogP) is 0.627. The van der Waals surface area contributed by atoms with Gasteiger partial charge in [-0.1, -0.05) is 20.3 Å². The molecular formula is C11H22N4O. The largest absolute Gasteiger partial charge is 0.293 e. The molecule has 5 heteroatoms. The third kappa shape index (κ3) is 4.60. The van der Waals surface area contributed by atoms with Crippen molar-refractivity contribution in [1.82, 2.24) is 10.3 Å². The Hall–Kier alpha value is -1.12. The van der Waals surface area contributed by atoms with Gasteiger partial charge in [-0.2, -0.15) is 5.26 Å². The molecule has 0 rings (SSSR count). The average molecular weight is 226 g/mol. The van der Waals surface area contributed by atoms with Gasteiger partial charge in [0.05, 0.1) is 18.0 Å². The zero-order chi connectivity index (χ0) is 12.6. The lowest BCUT2D eigenvalue weighted by atomic mass is 10.1. The van der Waals surface area contributed by atoms with E-state index in [2.05, 4.69) is 11.5 Å². The number of likely N-dealkylation sites (N-methyl/N-ethyl adjacent to an activating group) is 1. The standard InChI is InChI=1S/C11H22N4O/c1-4-6-10(11(16)14-13)15(5-2)8-9(3)7-12/h9-10H,4-6,8,13H2,1-3H3,(H,14,16). The number of nitrogens with one attached hydrogen (secondary N) is 1. The fourth-order valence-corrected chi connectivity index (χ4v) is 1.72. The quantitative estimate of drug-likeness (QED) is 0.379. The van der Waals surface area contributed by atoms with Gasteiger partial charge in [-0.15, -0.1) is 0 Å². The zero-order valence-corrected chi connectivity index (χ0v) is 10.4. The van der Waals surface area contributed by atoms with Crippen molar-refractivity contribution in [2.45, 2.75) is 39.7 Å². The van der Waals surface area contributed by atoms with Crippen molar-refractivity contribution in [3.05, 3.63) is 0 Å². The molecule has 0 bridgehead atoms. The number of nitrogens with two attached hydrogens (primary N) is 1. The van der Waals surface area contributed by atoms with E-state index in [1.165, 1.54) is 0 Å². The normalized spacial score (nSPS) is 14.2. The van der Waals surface area contributed by atoms with Gasteiger partial charge in [-0.25, -0.2) is 5.84 Å². The van der Waals surface area contributed by atoms with Crippen molar-refractivity contribution < 1.29 is 4.79 Å². The van der Waals surface area contributed by atoms with E-state index in [0.717, 1.165) is 19.4 Å². The van der Waals surface area contributed by atoms with E-state index in [1.807, 2.05) is 25.7 Å². The van der Waals surface area contributed by atoms with Gasteiger partial charge >= 0.3 is 0 Å². The molecule has 1 amide bonds. The van der Waals surface area contributed by atoms with Crippen LogP contribution in [-0.4, -0.2) is 29.9 Å². The van der Waals surface area contributed by atoms with Gasteiger partial charge in [-0.3, -0.25) is 15.1 Å². The molecule has 0 aromatic rings. The number of carbonyl (C=O) groups excluding carboxylic acids is 1. The maximum absolute atomic E-state index is 11.6. The Bertz CT molecular complexity index is 249. The van der Waals surface area contributed by atoms with Crippen molar-refractivity contribution in [2.24, 2.45) is 11.8 Å². The first-order valence-corrected chi connectivity index (χ1v) is 5.74. The zero-order valence-electron chi connectivity index (χ0n) is 10.4. The first-order valence-electron chi connectivity index (χ1n) is 5.74. The number of carbonyl (C=O) groups is 1. The minimum Gasteiger partial charge on any atom is -0.293 e. The van der Waals surface area contributed by atoms with Crippen LogP contribution in [0, 0.1) is 17.2 Å². The van der Waals surface area contributed by atoms with Gasteiger partial charge in [-0.05, 0) is 19.9 Å². The molecule has 0 aliphatic heterocycles. The van der Waals surface area contributed by atoms with E-state index in [9.17, 15) is 4.79 Å². The third-order valence-electron chi connectivity index (χ3n) is 2.58. The summed E-state index contributed by atoms with van der Waals surface area (Å²) in [4.78, 5) is 13.6. The second-order valence-electron chi connectivity index (χ2n) is 3.93. The van der Waals surface area contributed by atoms with Gasteiger partial charge in [0.15, 0.2) is 0 Å². The van der Waals surface area contributed by atoms with Gasteiger partial charge < -0.3 is 0 Å². The number of amides is 1. The molecule has 0 aliphatic carbocycles. The molecule has 0 heterocycles. The number of rotatable bonds is 7. The summed E-state index contributed by atoms with van der Waals surface area (Å²) in [6, 6.07) is 1.95. The highest BCUT2D eigenvalue weighted by Gasteiger charge is 2.24. The van der Waals surface area contributed by atoms with Crippen LogP contribution in [0.2, 0.25) is 0 Å². The van der Waals surface area contributed by atoms with Crippen LogP contribution in [0.5, 0.6) is 0 Å². The van der Waals surface area contributed by atoms with Crippen molar-refractivity contribution in [1.29, 1.82) is 5.26 Å². The van der Waals surface area contributed by atoms with Crippen molar-refractivity contribution in [2.75, 3.05) is 13.1 Å². The van der Waals surface area contributed by atoms with Gasteiger partial charge in [0.2, 0.25) is 0 Å². The lowest BCUT2D eigenvalue weighted by molar-refractivity contribution is -0.126. The molecule has 0 aliphatic rings. The number of nitriles is 1. The first kappa shape index (κ1) is 14.9. The van der Waals surface area contributed by atoms with Crippen LogP contribution in [0.25, 0.3) is 0 Å². The van der Waals surface area contributed by atoms with E-state index in [1.54, 1.807) is 0 Å². The highest BCUT2D eigenvalue weighted by atomic mass is 16.2. The predicted molar refractivity (Wildman–Crippen MR) is 63.1 cm³/mol. The van der Waals surface area contributed by atoms with Crippen molar-refractivity contribution >= 4 is 5.91 Å². The molecule has 0 aromatic carbocycles. The Balaban J connectivity index is 4.58. The Morgan fingerprint density at radius 2 is 2.19 bits per heavy atom. The van der Waals surface area contributed by atoms with Crippen LogP contribution in [0.15, 0.2) is 0 Å². The van der Waals surface area contributed by atoms with Crippen LogP contribution < -0.4 is 11.3 Å². The molecule has 0 radical (unpaired) electrons. The molecule has 16 heavy (non-hydrogen) atoms. The summed E-state index contributed by atoms with van der Waals surface area (Å²) in [5.74, 6) is 4.92. The van der Waals surface area contributed by atoms with E-state index in [4.69, 9.17) is 11.1 Å². The van der Waals surface area contributed by atoms with Crippen LogP contribution in [0.3, 0.4) is 0 Å². The van der Waals surface area contributed by atoms with E-state index in [0.29, 0.717) is 6.54 Å².